The third kappa shape index (κ3) is 6.61. The predicted octanol–water partition coefficient (Wildman–Crippen LogP) is 0.956. The quantitative estimate of drug-likeness (QED) is 0.663. The minimum atomic E-state index is -3.39. The third-order valence-electron chi connectivity index (χ3n) is 3.90. The van der Waals surface area contributed by atoms with E-state index in [1.807, 2.05) is 6.92 Å². The Morgan fingerprint density at radius 1 is 1.29 bits per heavy atom. The Balaban J connectivity index is 2.44. The first-order valence-electron chi connectivity index (χ1n) is 7.88. The van der Waals surface area contributed by atoms with Crippen molar-refractivity contribution in [3.63, 3.8) is 0 Å². The van der Waals surface area contributed by atoms with Crippen molar-refractivity contribution in [3.05, 3.63) is 0 Å². The van der Waals surface area contributed by atoms with Gasteiger partial charge in [-0.3, -0.25) is 0 Å². The summed E-state index contributed by atoms with van der Waals surface area (Å²) in [5.41, 5.74) is 0. The van der Waals surface area contributed by atoms with Gasteiger partial charge in [0, 0.05) is 32.3 Å². The van der Waals surface area contributed by atoms with E-state index in [2.05, 4.69) is 23.9 Å². The van der Waals surface area contributed by atoms with Gasteiger partial charge in [-0.25, -0.2) is 0 Å². The van der Waals surface area contributed by atoms with Crippen molar-refractivity contribution < 1.29 is 13.2 Å². The lowest BCUT2D eigenvalue weighted by molar-refractivity contribution is 0.171. The average molecular weight is 321 g/mol. The van der Waals surface area contributed by atoms with Gasteiger partial charge in [-0.1, -0.05) is 20.8 Å². The minimum Gasteiger partial charge on any atom is -0.383 e. The third-order valence-corrected chi connectivity index (χ3v) is 5.58. The summed E-state index contributed by atoms with van der Waals surface area (Å²) in [6.45, 7) is 8.79. The Hall–Kier alpha value is -0.210. The summed E-state index contributed by atoms with van der Waals surface area (Å²) in [5.74, 6) is 0.569. The summed E-state index contributed by atoms with van der Waals surface area (Å²) in [6, 6.07) is 0.327. The van der Waals surface area contributed by atoms with E-state index in [1.165, 1.54) is 0 Å². The molecule has 0 aromatic carbocycles. The molecular weight excluding hydrogens is 290 g/mol. The van der Waals surface area contributed by atoms with Gasteiger partial charge in [-0.05, 0) is 31.7 Å². The Kier molecular flexibility index (Phi) is 8.12. The smallest absolute Gasteiger partial charge is 0.279 e. The van der Waals surface area contributed by atoms with Crippen LogP contribution in [0.25, 0.3) is 0 Å². The topological polar surface area (TPSA) is 70.7 Å². The molecule has 0 bridgehead atoms. The summed E-state index contributed by atoms with van der Waals surface area (Å²) in [7, 11) is -1.80. The zero-order valence-corrected chi connectivity index (χ0v) is 14.6. The minimum absolute atomic E-state index is 0.152. The summed E-state index contributed by atoms with van der Waals surface area (Å²) in [5, 5.41) is 3.43. The lowest BCUT2D eigenvalue weighted by Gasteiger charge is -2.32. The molecule has 0 aliphatic carbocycles. The van der Waals surface area contributed by atoms with Crippen LogP contribution in [0.3, 0.4) is 0 Å². The number of hydrogen-bond acceptors (Lipinski definition) is 4. The SMILES string of the molecule is CCC(COC)NS(=O)(=O)N1CCC(CNC(C)C)CC1. The normalized spacial score (nSPS) is 20.0. The van der Waals surface area contributed by atoms with E-state index in [9.17, 15) is 8.42 Å². The number of rotatable bonds is 9. The summed E-state index contributed by atoms with van der Waals surface area (Å²) in [6.07, 6.45) is 2.56. The molecule has 1 unspecified atom stereocenters. The molecule has 1 aliphatic rings. The van der Waals surface area contributed by atoms with Gasteiger partial charge in [-0.15, -0.1) is 0 Å². The van der Waals surface area contributed by atoms with Crippen LogP contribution in [0.2, 0.25) is 0 Å². The van der Waals surface area contributed by atoms with Gasteiger partial charge < -0.3 is 10.1 Å². The molecule has 6 nitrogen and oxygen atoms in total. The van der Waals surface area contributed by atoms with Crippen molar-refractivity contribution in [1.29, 1.82) is 0 Å². The van der Waals surface area contributed by atoms with Crippen LogP contribution in [0.5, 0.6) is 0 Å². The molecule has 1 rings (SSSR count). The van der Waals surface area contributed by atoms with E-state index >= 15 is 0 Å². The largest absolute Gasteiger partial charge is 0.383 e. The first kappa shape index (κ1) is 18.8. The van der Waals surface area contributed by atoms with Gasteiger partial charge >= 0.3 is 0 Å². The van der Waals surface area contributed by atoms with E-state index in [1.54, 1.807) is 11.4 Å². The number of ether oxygens (including phenoxy) is 1. The van der Waals surface area contributed by atoms with Crippen LogP contribution in [0.4, 0.5) is 0 Å². The van der Waals surface area contributed by atoms with E-state index in [4.69, 9.17) is 4.74 Å². The Labute approximate surface area is 129 Å². The van der Waals surface area contributed by atoms with E-state index in [0.717, 1.165) is 25.8 Å². The molecule has 7 heteroatoms. The zero-order valence-electron chi connectivity index (χ0n) is 13.8. The number of nitrogens with one attached hydrogen (secondary N) is 2. The van der Waals surface area contributed by atoms with Gasteiger partial charge in [0.25, 0.3) is 10.2 Å². The number of methoxy groups -OCH3 is 1. The fourth-order valence-corrected chi connectivity index (χ4v) is 3.97. The predicted molar refractivity (Wildman–Crippen MR) is 85.4 cm³/mol. The van der Waals surface area contributed by atoms with Gasteiger partial charge in [0.1, 0.15) is 0 Å². The number of hydrogen-bond donors (Lipinski definition) is 2. The van der Waals surface area contributed by atoms with Crippen LogP contribution in [0, 0.1) is 5.92 Å². The van der Waals surface area contributed by atoms with E-state index < -0.39 is 10.2 Å². The Bertz CT molecular complexity index is 379. The average Bonchev–Trinajstić information content (AvgIpc) is 2.45. The fraction of sp³-hybridized carbons (Fsp3) is 1.00. The van der Waals surface area contributed by atoms with Crippen molar-refractivity contribution in [3.8, 4) is 0 Å². The van der Waals surface area contributed by atoms with Gasteiger partial charge in [0.15, 0.2) is 0 Å². The standard InChI is InChI=1S/C14H31N3O3S/c1-5-14(11-20-4)16-21(18,19)17-8-6-13(7-9-17)10-15-12(2)3/h12-16H,5-11H2,1-4H3. The highest BCUT2D eigenvalue weighted by molar-refractivity contribution is 7.87. The summed E-state index contributed by atoms with van der Waals surface area (Å²) in [4.78, 5) is 0. The van der Waals surface area contributed by atoms with Crippen molar-refractivity contribution >= 4 is 10.2 Å². The van der Waals surface area contributed by atoms with Gasteiger partial charge in [0.05, 0.1) is 6.61 Å². The highest BCUT2D eigenvalue weighted by Crippen LogP contribution is 2.19. The number of nitrogens with zero attached hydrogens (tertiary/aromatic N) is 1. The molecule has 2 N–H and O–H groups in total. The summed E-state index contributed by atoms with van der Waals surface area (Å²) < 4.78 is 34.0. The zero-order chi connectivity index (χ0) is 15.9. The van der Waals surface area contributed by atoms with Crippen LogP contribution >= 0.6 is 0 Å². The maximum absolute atomic E-state index is 12.3. The van der Waals surface area contributed by atoms with Crippen molar-refractivity contribution in [2.75, 3.05) is 33.4 Å². The highest BCUT2D eigenvalue weighted by atomic mass is 32.2. The van der Waals surface area contributed by atoms with Crippen LogP contribution in [0.15, 0.2) is 0 Å². The first-order chi connectivity index (χ1) is 9.89. The molecule has 0 aromatic heterocycles. The van der Waals surface area contributed by atoms with Crippen molar-refractivity contribution in [2.24, 2.45) is 5.92 Å². The lowest BCUT2D eigenvalue weighted by atomic mass is 9.98. The van der Waals surface area contributed by atoms with E-state index in [0.29, 0.717) is 31.7 Å². The molecule has 1 atom stereocenters. The second-order valence-corrected chi connectivity index (χ2v) is 7.79. The van der Waals surface area contributed by atoms with Crippen LogP contribution in [-0.4, -0.2) is 58.2 Å². The Morgan fingerprint density at radius 2 is 1.90 bits per heavy atom. The lowest BCUT2D eigenvalue weighted by Crippen LogP contribution is -2.50. The highest BCUT2D eigenvalue weighted by Gasteiger charge is 2.29. The second-order valence-electron chi connectivity index (χ2n) is 6.09. The molecule has 0 saturated carbocycles. The maximum atomic E-state index is 12.3. The first-order valence-corrected chi connectivity index (χ1v) is 9.32. The molecule has 0 radical (unpaired) electrons. The van der Waals surface area contributed by atoms with E-state index in [-0.39, 0.29) is 6.04 Å². The van der Waals surface area contributed by atoms with Gasteiger partial charge in [0.2, 0.25) is 0 Å². The molecule has 0 aromatic rings. The van der Waals surface area contributed by atoms with Crippen LogP contribution in [-0.2, 0) is 14.9 Å². The molecule has 1 aliphatic heterocycles. The Morgan fingerprint density at radius 3 is 2.38 bits per heavy atom. The maximum Gasteiger partial charge on any atom is 0.279 e. The molecule has 1 heterocycles. The molecule has 0 spiro atoms. The number of piperidine rings is 1. The molecule has 0 amide bonds. The second kappa shape index (κ2) is 9.05. The molecule has 126 valence electrons. The van der Waals surface area contributed by atoms with Crippen LogP contribution in [0.1, 0.15) is 40.0 Å². The molecular formula is C14H31N3O3S. The molecule has 1 saturated heterocycles. The molecule has 1 fully saturated rings. The monoisotopic (exact) mass is 321 g/mol. The summed E-state index contributed by atoms with van der Waals surface area (Å²) >= 11 is 0. The van der Waals surface area contributed by atoms with Crippen molar-refractivity contribution in [2.45, 2.75) is 52.1 Å². The van der Waals surface area contributed by atoms with Gasteiger partial charge in [-0.2, -0.15) is 17.4 Å². The van der Waals surface area contributed by atoms with Crippen LogP contribution < -0.4 is 10.0 Å². The fourth-order valence-electron chi connectivity index (χ4n) is 2.48. The van der Waals surface area contributed by atoms with Crippen molar-refractivity contribution in [1.82, 2.24) is 14.3 Å². The molecule has 21 heavy (non-hydrogen) atoms.